The van der Waals surface area contributed by atoms with Crippen molar-refractivity contribution in [3.05, 3.63) is 13.8 Å². The van der Waals surface area contributed by atoms with Crippen molar-refractivity contribution in [2.75, 3.05) is 0 Å². The SMILES string of the molecule is [CH]C(C)CC([CH])C. The Bertz CT molecular complexity index is 29.3. The molecule has 0 rings (SSSR count). The molecule has 0 aromatic rings. The lowest BCUT2D eigenvalue weighted by molar-refractivity contribution is 0.538. The largest absolute Gasteiger partial charge is 0.0622 e. The number of hydrogen-bond donors (Lipinski definition) is 0. The fraction of sp³-hybridized carbons (Fsp3) is 0.714. The van der Waals surface area contributed by atoms with Gasteiger partial charge in [-0.15, -0.1) is 0 Å². The van der Waals surface area contributed by atoms with Crippen LogP contribution in [-0.4, -0.2) is 0 Å². The Labute approximate surface area is 46.9 Å². The number of rotatable bonds is 2. The summed E-state index contributed by atoms with van der Waals surface area (Å²) >= 11 is 0. The van der Waals surface area contributed by atoms with E-state index in [1.807, 2.05) is 13.8 Å². The lowest BCUT2D eigenvalue weighted by atomic mass is 10.0. The van der Waals surface area contributed by atoms with E-state index in [4.69, 9.17) is 13.8 Å². The van der Waals surface area contributed by atoms with E-state index in [1.165, 1.54) is 0 Å². The van der Waals surface area contributed by atoms with Gasteiger partial charge in [0.2, 0.25) is 0 Å². The fourth-order valence-electron chi connectivity index (χ4n) is 0.586. The van der Waals surface area contributed by atoms with Crippen molar-refractivity contribution in [1.82, 2.24) is 0 Å². The molecule has 0 saturated carbocycles. The van der Waals surface area contributed by atoms with Crippen LogP contribution in [0, 0.1) is 25.7 Å². The first-order chi connectivity index (χ1) is 3.13. The second-order valence-electron chi connectivity index (χ2n) is 2.19. The zero-order chi connectivity index (χ0) is 5.86. The lowest BCUT2D eigenvalue weighted by Gasteiger charge is -2.04. The van der Waals surface area contributed by atoms with E-state index in [0.29, 0.717) is 0 Å². The molecule has 0 aromatic heterocycles. The molecule has 0 aliphatic carbocycles. The van der Waals surface area contributed by atoms with E-state index in [-0.39, 0.29) is 11.8 Å². The average molecular weight is 96.2 g/mol. The minimum atomic E-state index is 0.250. The van der Waals surface area contributed by atoms with E-state index in [0.717, 1.165) is 6.42 Å². The molecule has 0 aromatic carbocycles. The van der Waals surface area contributed by atoms with Gasteiger partial charge in [-0.3, -0.25) is 0 Å². The van der Waals surface area contributed by atoms with Gasteiger partial charge >= 0.3 is 0 Å². The first-order valence-electron chi connectivity index (χ1n) is 2.64. The smallest absolute Gasteiger partial charge is 0.0321 e. The van der Waals surface area contributed by atoms with Crippen LogP contribution in [-0.2, 0) is 0 Å². The molecule has 0 nitrogen and oxygen atoms in total. The van der Waals surface area contributed by atoms with Crippen LogP contribution in [0.4, 0.5) is 0 Å². The summed E-state index contributed by atoms with van der Waals surface area (Å²) < 4.78 is 0. The third kappa shape index (κ3) is 6.00. The molecule has 0 bridgehead atoms. The molecule has 0 fully saturated rings. The standard InChI is InChI=1S/C7H12/c1-6(2)5-7(3)4/h1,3,6-7H,5H2,2,4H3. The Morgan fingerprint density at radius 3 is 1.43 bits per heavy atom. The maximum absolute atomic E-state index is 5.41. The molecule has 2 atom stereocenters. The highest BCUT2D eigenvalue weighted by atomic mass is 14.0. The topological polar surface area (TPSA) is 0 Å². The highest BCUT2D eigenvalue weighted by Gasteiger charge is 1.96. The van der Waals surface area contributed by atoms with Gasteiger partial charge in [-0.2, -0.15) is 0 Å². The molecule has 40 valence electrons. The Kier molecular flexibility index (Phi) is 3.06. The van der Waals surface area contributed by atoms with Gasteiger partial charge in [-0.05, 0) is 32.1 Å². The minimum Gasteiger partial charge on any atom is -0.0622 e. The van der Waals surface area contributed by atoms with E-state index in [2.05, 4.69) is 0 Å². The predicted octanol–water partition coefficient (Wildman–Crippen LogP) is 2.07. The van der Waals surface area contributed by atoms with Gasteiger partial charge in [-0.25, -0.2) is 0 Å². The third-order valence-electron chi connectivity index (χ3n) is 0.744. The molecule has 7 heavy (non-hydrogen) atoms. The van der Waals surface area contributed by atoms with Crippen molar-refractivity contribution in [3.8, 4) is 0 Å². The molecule has 0 saturated heterocycles. The van der Waals surface area contributed by atoms with Crippen molar-refractivity contribution >= 4 is 0 Å². The second kappa shape index (κ2) is 3.06. The Morgan fingerprint density at radius 1 is 1.14 bits per heavy atom. The summed E-state index contributed by atoms with van der Waals surface area (Å²) in [6.45, 7) is 14.8. The molecule has 0 spiro atoms. The van der Waals surface area contributed by atoms with E-state index < -0.39 is 0 Å². The summed E-state index contributed by atoms with van der Waals surface area (Å²) in [6.07, 6.45) is 0.917. The molecule has 0 aliphatic rings. The molecular weight excluding hydrogens is 84.1 g/mol. The van der Waals surface area contributed by atoms with Crippen molar-refractivity contribution < 1.29 is 0 Å². The maximum Gasteiger partial charge on any atom is -0.0321 e. The van der Waals surface area contributed by atoms with Crippen LogP contribution < -0.4 is 0 Å². The first-order valence-corrected chi connectivity index (χ1v) is 2.64. The number of hydrogen-bond acceptors (Lipinski definition) is 0. The molecule has 0 N–H and O–H groups in total. The zero-order valence-electron chi connectivity index (χ0n) is 5.02. The Morgan fingerprint density at radius 2 is 1.43 bits per heavy atom. The molecule has 2 unspecified atom stereocenters. The summed E-state index contributed by atoms with van der Waals surface area (Å²) in [4.78, 5) is 0. The van der Waals surface area contributed by atoms with Crippen LogP contribution in [0.5, 0.6) is 0 Å². The molecule has 0 amide bonds. The summed E-state index contributed by atoms with van der Waals surface area (Å²) in [5, 5.41) is 0. The predicted molar refractivity (Wildman–Crippen MR) is 31.5 cm³/mol. The van der Waals surface area contributed by atoms with E-state index in [1.54, 1.807) is 0 Å². The Balaban J connectivity index is 2.95. The minimum absolute atomic E-state index is 0.250. The maximum atomic E-state index is 5.41. The van der Waals surface area contributed by atoms with Gasteiger partial charge in [0.25, 0.3) is 0 Å². The molecule has 4 radical (unpaired) electrons. The van der Waals surface area contributed by atoms with Crippen LogP contribution in [0.1, 0.15) is 20.3 Å². The summed E-state index contributed by atoms with van der Waals surface area (Å²) in [5.41, 5.74) is 0. The first kappa shape index (κ1) is 7.00. The van der Waals surface area contributed by atoms with Crippen LogP contribution >= 0.6 is 0 Å². The molecular formula is C7H12. The molecule has 0 heteroatoms. The molecule has 0 aliphatic heterocycles. The summed E-state index contributed by atoms with van der Waals surface area (Å²) in [7, 11) is 0. The van der Waals surface area contributed by atoms with Crippen molar-refractivity contribution in [1.29, 1.82) is 0 Å². The molecule has 0 heterocycles. The van der Waals surface area contributed by atoms with Crippen LogP contribution in [0.25, 0.3) is 0 Å². The Hall–Kier alpha value is 0. The normalized spacial score (nSPS) is 11.1. The lowest BCUT2D eigenvalue weighted by Crippen LogP contribution is -1.94. The third-order valence-corrected chi connectivity index (χ3v) is 0.744. The van der Waals surface area contributed by atoms with E-state index in [9.17, 15) is 0 Å². The van der Waals surface area contributed by atoms with Gasteiger partial charge in [0.1, 0.15) is 0 Å². The van der Waals surface area contributed by atoms with Gasteiger partial charge < -0.3 is 0 Å². The fourth-order valence-corrected chi connectivity index (χ4v) is 0.586. The highest BCUT2D eigenvalue weighted by Crippen LogP contribution is 2.07. The van der Waals surface area contributed by atoms with Crippen LogP contribution in [0.3, 0.4) is 0 Å². The van der Waals surface area contributed by atoms with Crippen molar-refractivity contribution in [2.24, 2.45) is 11.8 Å². The van der Waals surface area contributed by atoms with Crippen molar-refractivity contribution in [2.45, 2.75) is 20.3 Å². The van der Waals surface area contributed by atoms with Crippen LogP contribution in [0.15, 0.2) is 0 Å². The summed E-state index contributed by atoms with van der Waals surface area (Å²) in [5.74, 6) is 0.500. The zero-order valence-corrected chi connectivity index (χ0v) is 5.02. The van der Waals surface area contributed by atoms with Gasteiger partial charge in [0, 0.05) is 0 Å². The van der Waals surface area contributed by atoms with Crippen molar-refractivity contribution in [3.63, 3.8) is 0 Å². The highest BCUT2D eigenvalue weighted by molar-refractivity contribution is 4.60. The van der Waals surface area contributed by atoms with E-state index >= 15 is 0 Å². The van der Waals surface area contributed by atoms with Gasteiger partial charge in [0.15, 0.2) is 0 Å². The van der Waals surface area contributed by atoms with Crippen LogP contribution in [0.2, 0.25) is 0 Å². The summed E-state index contributed by atoms with van der Waals surface area (Å²) in [6, 6.07) is 0. The monoisotopic (exact) mass is 96.1 g/mol. The second-order valence-corrected chi connectivity index (χ2v) is 2.19. The van der Waals surface area contributed by atoms with Gasteiger partial charge in [-0.1, -0.05) is 13.8 Å². The quantitative estimate of drug-likeness (QED) is 0.493. The average Bonchev–Trinajstić information content (AvgIpc) is 1.27. The van der Waals surface area contributed by atoms with Gasteiger partial charge in [0.05, 0.1) is 0 Å².